The lowest BCUT2D eigenvalue weighted by Gasteiger charge is -2.19. The summed E-state index contributed by atoms with van der Waals surface area (Å²) in [5.41, 5.74) is 4.46. The second-order valence-corrected chi connectivity index (χ2v) is 7.07. The Kier molecular flexibility index (Phi) is 6.34. The van der Waals surface area contributed by atoms with Crippen LogP contribution in [0.1, 0.15) is 33.3 Å². The number of fused-ring (bicyclic) bond motifs is 1. The van der Waals surface area contributed by atoms with Crippen molar-refractivity contribution in [2.75, 3.05) is 6.61 Å². The van der Waals surface area contributed by atoms with E-state index in [0.29, 0.717) is 18.5 Å². The summed E-state index contributed by atoms with van der Waals surface area (Å²) >= 11 is 0. The van der Waals surface area contributed by atoms with Gasteiger partial charge in [0.15, 0.2) is 0 Å². The Labute approximate surface area is 158 Å². The number of carbonyl (C=O) groups is 1. The van der Waals surface area contributed by atoms with Crippen LogP contribution in [-0.2, 0) is 14.9 Å². The maximum Gasteiger partial charge on any atom is 0.294 e. The summed E-state index contributed by atoms with van der Waals surface area (Å²) in [5.74, 6) is 0. The molecule has 6 heteroatoms. The molecular formula is C21H24N2O4. The largest absolute Gasteiger partial charge is 0.468 e. The minimum Gasteiger partial charge on any atom is -0.468 e. The van der Waals surface area contributed by atoms with Crippen LogP contribution in [0.15, 0.2) is 48.7 Å². The van der Waals surface area contributed by atoms with Crippen molar-refractivity contribution < 1.29 is 14.5 Å². The fraction of sp³-hybridized carbons (Fsp3) is 0.286. The van der Waals surface area contributed by atoms with Gasteiger partial charge in [0.2, 0.25) is 0 Å². The molecule has 142 valence electrons. The van der Waals surface area contributed by atoms with Crippen LogP contribution in [0.3, 0.4) is 0 Å². The maximum atomic E-state index is 10.9. The molecule has 0 spiro atoms. The molecule has 0 amide bonds. The molecule has 0 aliphatic rings. The molecule has 1 aromatic heterocycles. The van der Waals surface area contributed by atoms with Gasteiger partial charge in [0.05, 0.1) is 28.6 Å². The third-order valence-corrected chi connectivity index (χ3v) is 4.18. The third kappa shape index (κ3) is 4.94. The van der Waals surface area contributed by atoms with Gasteiger partial charge in [0, 0.05) is 0 Å². The molecule has 2 aromatic carbocycles. The highest BCUT2D eigenvalue weighted by Gasteiger charge is 2.15. The van der Waals surface area contributed by atoms with Crippen molar-refractivity contribution in [3.8, 4) is 11.1 Å². The zero-order valence-electron chi connectivity index (χ0n) is 16.0. The Morgan fingerprint density at radius 2 is 1.74 bits per heavy atom. The van der Waals surface area contributed by atoms with Crippen LogP contribution in [0.25, 0.3) is 22.0 Å². The molecule has 0 fully saturated rings. The fourth-order valence-electron chi connectivity index (χ4n) is 2.67. The minimum absolute atomic E-state index is 0.115. The van der Waals surface area contributed by atoms with Crippen LogP contribution in [0.2, 0.25) is 0 Å². The molecule has 0 bridgehead atoms. The number of carbonyl (C=O) groups excluding carboxylic acids is 1. The van der Waals surface area contributed by atoms with E-state index < -0.39 is 0 Å². The number of rotatable bonds is 4. The fourth-order valence-corrected chi connectivity index (χ4v) is 2.67. The van der Waals surface area contributed by atoms with Crippen molar-refractivity contribution >= 4 is 23.1 Å². The zero-order valence-corrected chi connectivity index (χ0v) is 16.0. The van der Waals surface area contributed by atoms with E-state index in [1.54, 1.807) is 13.0 Å². The number of H-pyrrole nitrogens is 1. The summed E-state index contributed by atoms with van der Waals surface area (Å²) in [4.78, 5) is 22.7. The Bertz CT molecular complexity index is 921. The number of hydrogen-bond acceptors (Lipinski definition) is 4. The summed E-state index contributed by atoms with van der Waals surface area (Å²) < 4.78 is 4.15. The van der Waals surface area contributed by atoms with E-state index in [1.165, 1.54) is 11.8 Å². The van der Waals surface area contributed by atoms with Crippen LogP contribution >= 0.6 is 0 Å². The monoisotopic (exact) mass is 368 g/mol. The molecule has 3 aromatic rings. The molecule has 0 aliphatic carbocycles. The predicted molar refractivity (Wildman–Crippen MR) is 107 cm³/mol. The van der Waals surface area contributed by atoms with Gasteiger partial charge in [-0.25, -0.2) is 0 Å². The third-order valence-electron chi connectivity index (χ3n) is 4.18. The topological polar surface area (TPSA) is 85.2 Å². The maximum absolute atomic E-state index is 10.9. The minimum atomic E-state index is -0.364. The van der Waals surface area contributed by atoms with Crippen LogP contribution in [-0.4, -0.2) is 23.0 Å². The van der Waals surface area contributed by atoms with E-state index in [4.69, 9.17) is 0 Å². The highest BCUT2D eigenvalue weighted by Crippen LogP contribution is 2.31. The van der Waals surface area contributed by atoms with Gasteiger partial charge in [-0.05, 0) is 41.2 Å². The summed E-state index contributed by atoms with van der Waals surface area (Å²) in [6, 6.07) is 14.1. The molecule has 0 saturated carbocycles. The number of nitrogens with zero attached hydrogens (tertiary/aromatic N) is 1. The molecular weight excluding hydrogens is 344 g/mol. The number of hydrogen-bond donors (Lipinski definition) is 1. The van der Waals surface area contributed by atoms with E-state index in [1.807, 2.05) is 12.1 Å². The summed E-state index contributed by atoms with van der Waals surface area (Å²) in [6.07, 6.45) is 1.44. The van der Waals surface area contributed by atoms with Gasteiger partial charge >= 0.3 is 0 Å². The van der Waals surface area contributed by atoms with Gasteiger partial charge in [-0.15, -0.1) is 0 Å². The lowest BCUT2D eigenvalue weighted by molar-refractivity contribution is -0.383. The van der Waals surface area contributed by atoms with Crippen molar-refractivity contribution in [2.45, 2.75) is 33.1 Å². The first-order chi connectivity index (χ1) is 12.8. The van der Waals surface area contributed by atoms with Crippen molar-refractivity contribution in [2.24, 2.45) is 0 Å². The zero-order chi connectivity index (χ0) is 20.0. The average Bonchev–Trinajstić information content (AvgIpc) is 3.06. The molecule has 3 rings (SSSR count). The smallest absolute Gasteiger partial charge is 0.294 e. The number of nitrogens with one attached hydrogen (secondary N) is 1. The Balaban J connectivity index is 0.000000465. The van der Waals surface area contributed by atoms with Crippen LogP contribution in [0, 0.1) is 10.1 Å². The number of benzene rings is 2. The molecule has 0 unspecified atom stereocenters. The van der Waals surface area contributed by atoms with Crippen LogP contribution in [0.5, 0.6) is 0 Å². The lowest BCUT2D eigenvalue weighted by atomic mass is 9.86. The summed E-state index contributed by atoms with van der Waals surface area (Å²) in [7, 11) is 0. The molecule has 1 heterocycles. The highest BCUT2D eigenvalue weighted by atomic mass is 16.6. The second-order valence-electron chi connectivity index (χ2n) is 7.07. The Morgan fingerprint density at radius 1 is 1.11 bits per heavy atom. The quantitative estimate of drug-likeness (QED) is 0.389. The van der Waals surface area contributed by atoms with Crippen LogP contribution in [0.4, 0.5) is 5.69 Å². The van der Waals surface area contributed by atoms with E-state index in [9.17, 15) is 14.9 Å². The molecule has 0 atom stereocenters. The van der Waals surface area contributed by atoms with E-state index in [-0.39, 0.29) is 16.0 Å². The lowest BCUT2D eigenvalue weighted by Crippen LogP contribution is -2.10. The molecule has 1 N–H and O–H groups in total. The number of ether oxygens (including phenoxy) is 1. The number of aromatic nitrogens is 1. The molecule has 27 heavy (non-hydrogen) atoms. The van der Waals surface area contributed by atoms with Gasteiger partial charge in [0.25, 0.3) is 12.2 Å². The summed E-state index contributed by atoms with van der Waals surface area (Å²) in [5, 5.41) is 11.6. The number of nitro groups is 1. The molecule has 0 radical (unpaired) electrons. The van der Waals surface area contributed by atoms with Gasteiger partial charge in [0.1, 0.15) is 0 Å². The van der Waals surface area contributed by atoms with Crippen molar-refractivity contribution in [1.82, 2.24) is 4.98 Å². The van der Waals surface area contributed by atoms with E-state index >= 15 is 0 Å². The van der Waals surface area contributed by atoms with Crippen molar-refractivity contribution in [3.05, 3.63) is 64.3 Å². The van der Waals surface area contributed by atoms with Gasteiger partial charge in [-0.1, -0.05) is 51.1 Å². The van der Waals surface area contributed by atoms with E-state index in [0.717, 1.165) is 16.6 Å². The normalized spacial score (nSPS) is 10.8. The second kappa shape index (κ2) is 8.49. The first kappa shape index (κ1) is 20.2. The van der Waals surface area contributed by atoms with Crippen LogP contribution < -0.4 is 0 Å². The van der Waals surface area contributed by atoms with Gasteiger partial charge < -0.3 is 9.72 Å². The Morgan fingerprint density at radius 3 is 2.22 bits per heavy atom. The van der Waals surface area contributed by atoms with Gasteiger partial charge in [-0.3, -0.25) is 14.9 Å². The SMILES string of the molecule is CC(C)(C)c1ccc(-c2ccc3c([N+](=O)[O-])c[nH]c3c2)cc1.CCOC=O. The first-order valence-corrected chi connectivity index (χ1v) is 8.69. The molecule has 0 aliphatic heterocycles. The highest BCUT2D eigenvalue weighted by molar-refractivity contribution is 5.92. The average molecular weight is 368 g/mol. The van der Waals surface area contributed by atoms with E-state index in [2.05, 4.69) is 54.8 Å². The van der Waals surface area contributed by atoms with Crippen molar-refractivity contribution in [3.63, 3.8) is 0 Å². The summed E-state index contributed by atoms with van der Waals surface area (Å²) in [6.45, 7) is 9.22. The number of aromatic amines is 1. The van der Waals surface area contributed by atoms with Crippen molar-refractivity contribution in [1.29, 1.82) is 0 Å². The standard InChI is InChI=1S/C18H18N2O2.C3H6O2/c1-18(2,3)14-7-4-12(5-8-14)13-6-9-15-16(10-13)19-11-17(15)20(21)22;1-2-5-3-4/h4-11,19H,1-3H3;3H,2H2,1H3. The van der Waals surface area contributed by atoms with Gasteiger partial charge in [-0.2, -0.15) is 0 Å². The first-order valence-electron chi connectivity index (χ1n) is 8.69. The predicted octanol–water partition coefficient (Wildman–Crippen LogP) is 5.22. The molecule has 6 nitrogen and oxygen atoms in total. The Hall–Kier alpha value is -3.15. The molecule has 0 saturated heterocycles.